The number of carbonyl (C=O) groups excluding carboxylic acids is 1. The van der Waals surface area contributed by atoms with E-state index >= 15 is 0 Å². The molecule has 0 spiro atoms. The largest absolute Gasteiger partial charge is 0.493 e. The van der Waals surface area contributed by atoms with E-state index in [1.165, 1.54) is 0 Å². The van der Waals surface area contributed by atoms with Crippen molar-refractivity contribution in [2.75, 3.05) is 6.61 Å². The molecule has 0 saturated heterocycles. The number of hydrogen-bond acceptors (Lipinski definition) is 3. The lowest BCUT2D eigenvalue weighted by Gasteiger charge is -2.09. The fourth-order valence-electron chi connectivity index (χ4n) is 1.92. The van der Waals surface area contributed by atoms with E-state index in [2.05, 4.69) is 40.3 Å². The summed E-state index contributed by atoms with van der Waals surface area (Å²) in [4.78, 5) is 12.1. The molecule has 126 valence electrons. The van der Waals surface area contributed by atoms with Crippen molar-refractivity contribution in [1.82, 2.24) is 5.43 Å². The minimum Gasteiger partial charge on any atom is -0.493 e. The fourth-order valence-corrected chi connectivity index (χ4v) is 2.18. The third-order valence-corrected chi connectivity index (χ3v) is 3.82. The summed E-state index contributed by atoms with van der Waals surface area (Å²) < 4.78 is 6.61. The predicted octanol–water partition coefficient (Wildman–Crippen LogP) is 4.64. The Morgan fingerprint density at radius 3 is 2.25 bits per heavy atom. The number of carbonyl (C=O) groups is 1. The van der Waals surface area contributed by atoms with Crippen LogP contribution in [0.4, 0.5) is 0 Å². The van der Waals surface area contributed by atoms with Crippen molar-refractivity contribution in [2.45, 2.75) is 20.8 Å². The molecule has 2 rings (SSSR count). The standard InChI is InChI=1S/C19H21BrN2O2/c1-13(2)12-24-18-10-6-16(7-11-18)19(23)22-21-14(3)15-4-8-17(20)9-5-15/h4-11,13H,12H2,1-3H3,(H,22,23)/b21-14+. The van der Waals surface area contributed by atoms with Gasteiger partial charge in [-0.1, -0.05) is 41.9 Å². The van der Waals surface area contributed by atoms with E-state index in [0.29, 0.717) is 18.1 Å². The summed E-state index contributed by atoms with van der Waals surface area (Å²) in [5.41, 5.74) is 4.82. The van der Waals surface area contributed by atoms with E-state index in [1.807, 2.05) is 31.2 Å². The van der Waals surface area contributed by atoms with Gasteiger partial charge in [0, 0.05) is 10.0 Å². The molecule has 4 nitrogen and oxygen atoms in total. The zero-order valence-electron chi connectivity index (χ0n) is 14.0. The smallest absolute Gasteiger partial charge is 0.271 e. The van der Waals surface area contributed by atoms with Gasteiger partial charge in [0.1, 0.15) is 5.75 Å². The molecule has 0 atom stereocenters. The van der Waals surface area contributed by atoms with Crippen LogP contribution in [-0.4, -0.2) is 18.2 Å². The average Bonchev–Trinajstić information content (AvgIpc) is 2.58. The van der Waals surface area contributed by atoms with Crippen LogP contribution in [0.25, 0.3) is 0 Å². The molecule has 2 aromatic carbocycles. The number of nitrogens with one attached hydrogen (secondary N) is 1. The number of amides is 1. The van der Waals surface area contributed by atoms with Gasteiger partial charge >= 0.3 is 0 Å². The van der Waals surface area contributed by atoms with Crippen molar-refractivity contribution in [3.63, 3.8) is 0 Å². The molecular weight excluding hydrogens is 368 g/mol. The Morgan fingerprint density at radius 1 is 1.08 bits per heavy atom. The normalized spacial score (nSPS) is 11.5. The van der Waals surface area contributed by atoms with Crippen LogP contribution >= 0.6 is 15.9 Å². The molecule has 24 heavy (non-hydrogen) atoms. The van der Waals surface area contributed by atoms with E-state index in [0.717, 1.165) is 21.5 Å². The minimum absolute atomic E-state index is 0.248. The molecule has 0 aliphatic carbocycles. The fraction of sp³-hybridized carbons (Fsp3) is 0.263. The molecule has 0 unspecified atom stereocenters. The Balaban J connectivity index is 1.96. The van der Waals surface area contributed by atoms with Crippen molar-refractivity contribution in [2.24, 2.45) is 11.0 Å². The van der Waals surface area contributed by atoms with Crippen molar-refractivity contribution < 1.29 is 9.53 Å². The van der Waals surface area contributed by atoms with Crippen LogP contribution in [0.5, 0.6) is 5.75 Å². The quantitative estimate of drug-likeness (QED) is 0.578. The van der Waals surface area contributed by atoms with Crippen molar-refractivity contribution >= 4 is 27.5 Å². The lowest BCUT2D eigenvalue weighted by Crippen LogP contribution is -2.19. The van der Waals surface area contributed by atoms with Gasteiger partial charge in [-0.25, -0.2) is 5.43 Å². The average molecular weight is 389 g/mol. The van der Waals surface area contributed by atoms with Crippen molar-refractivity contribution in [1.29, 1.82) is 0 Å². The predicted molar refractivity (Wildman–Crippen MR) is 101 cm³/mol. The summed E-state index contributed by atoms with van der Waals surface area (Å²) in [5, 5.41) is 4.15. The zero-order valence-corrected chi connectivity index (χ0v) is 15.6. The minimum atomic E-state index is -0.248. The van der Waals surface area contributed by atoms with Crippen molar-refractivity contribution in [3.8, 4) is 5.75 Å². The van der Waals surface area contributed by atoms with Gasteiger partial charge in [0.2, 0.25) is 0 Å². The molecule has 0 saturated carbocycles. The molecule has 0 fully saturated rings. The van der Waals surface area contributed by atoms with Crippen LogP contribution in [0.3, 0.4) is 0 Å². The summed E-state index contributed by atoms with van der Waals surface area (Å²) in [6.07, 6.45) is 0. The highest BCUT2D eigenvalue weighted by molar-refractivity contribution is 9.10. The Bertz CT molecular complexity index is 707. The Hall–Kier alpha value is -2.14. The highest BCUT2D eigenvalue weighted by Gasteiger charge is 2.06. The van der Waals surface area contributed by atoms with Crippen LogP contribution in [0, 0.1) is 5.92 Å². The number of hydrazone groups is 1. The second kappa shape index (κ2) is 8.64. The maximum absolute atomic E-state index is 12.1. The van der Waals surface area contributed by atoms with Crippen LogP contribution in [-0.2, 0) is 0 Å². The van der Waals surface area contributed by atoms with E-state index in [-0.39, 0.29) is 5.91 Å². The summed E-state index contributed by atoms with van der Waals surface area (Å²) in [5.74, 6) is 0.973. The van der Waals surface area contributed by atoms with E-state index in [4.69, 9.17) is 4.74 Å². The summed E-state index contributed by atoms with van der Waals surface area (Å²) in [6.45, 7) is 6.69. The number of rotatable bonds is 6. The van der Waals surface area contributed by atoms with Gasteiger partial charge in [0.15, 0.2) is 0 Å². The van der Waals surface area contributed by atoms with E-state index in [9.17, 15) is 4.79 Å². The molecule has 0 heterocycles. The van der Waals surface area contributed by atoms with Gasteiger partial charge in [-0.15, -0.1) is 0 Å². The second-order valence-electron chi connectivity index (χ2n) is 5.87. The van der Waals surface area contributed by atoms with Gasteiger partial charge in [0.05, 0.1) is 12.3 Å². The lowest BCUT2D eigenvalue weighted by atomic mass is 10.1. The number of halogens is 1. The van der Waals surface area contributed by atoms with Gasteiger partial charge in [-0.3, -0.25) is 4.79 Å². The summed E-state index contributed by atoms with van der Waals surface area (Å²) in [6, 6.07) is 14.8. The van der Waals surface area contributed by atoms with Crippen molar-refractivity contribution in [3.05, 3.63) is 64.1 Å². The first kappa shape index (κ1) is 18.2. The molecule has 0 aromatic heterocycles. The van der Waals surface area contributed by atoms with Gasteiger partial charge in [-0.2, -0.15) is 5.10 Å². The van der Waals surface area contributed by atoms with Crippen LogP contribution < -0.4 is 10.2 Å². The first-order chi connectivity index (χ1) is 11.5. The molecule has 1 N–H and O–H groups in total. The maximum atomic E-state index is 12.1. The van der Waals surface area contributed by atoms with E-state index < -0.39 is 0 Å². The third kappa shape index (κ3) is 5.49. The highest BCUT2D eigenvalue weighted by Crippen LogP contribution is 2.14. The lowest BCUT2D eigenvalue weighted by molar-refractivity contribution is 0.0955. The zero-order chi connectivity index (χ0) is 17.5. The van der Waals surface area contributed by atoms with Crippen LogP contribution in [0.1, 0.15) is 36.7 Å². The Morgan fingerprint density at radius 2 is 1.67 bits per heavy atom. The SMILES string of the molecule is C/C(=N\NC(=O)c1ccc(OCC(C)C)cc1)c1ccc(Br)cc1. The molecule has 0 aliphatic heterocycles. The van der Waals surface area contributed by atoms with Gasteiger partial charge < -0.3 is 4.74 Å². The van der Waals surface area contributed by atoms with Crippen LogP contribution in [0.15, 0.2) is 58.1 Å². The first-order valence-electron chi connectivity index (χ1n) is 7.79. The number of ether oxygens (including phenoxy) is 1. The van der Waals surface area contributed by atoms with E-state index in [1.54, 1.807) is 24.3 Å². The Labute approximate surface area is 151 Å². The molecule has 0 bridgehead atoms. The Kier molecular flexibility index (Phi) is 6.55. The summed E-state index contributed by atoms with van der Waals surface area (Å²) in [7, 11) is 0. The third-order valence-electron chi connectivity index (χ3n) is 3.29. The molecule has 2 aromatic rings. The highest BCUT2D eigenvalue weighted by atomic mass is 79.9. The maximum Gasteiger partial charge on any atom is 0.271 e. The van der Waals surface area contributed by atoms with Crippen LogP contribution in [0.2, 0.25) is 0 Å². The topological polar surface area (TPSA) is 50.7 Å². The number of benzene rings is 2. The monoisotopic (exact) mass is 388 g/mol. The van der Waals surface area contributed by atoms with Gasteiger partial charge in [0.25, 0.3) is 5.91 Å². The summed E-state index contributed by atoms with van der Waals surface area (Å²) >= 11 is 3.39. The molecule has 0 radical (unpaired) electrons. The number of nitrogens with zero attached hydrogens (tertiary/aromatic N) is 1. The molecule has 0 aliphatic rings. The molecule has 5 heteroatoms. The number of hydrogen-bond donors (Lipinski definition) is 1. The molecule has 1 amide bonds. The second-order valence-corrected chi connectivity index (χ2v) is 6.79. The molecular formula is C19H21BrN2O2. The first-order valence-corrected chi connectivity index (χ1v) is 8.58. The van der Waals surface area contributed by atoms with Gasteiger partial charge in [-0.05, 0) is 54.8 Å².